The highest BCUT2D eigenvalue weighted by Crippen LogP contribution is 2.30. The van der Waals surface area contributed by atoms with Gasteiger partial charge in [0.05, 0.1) is 6.61 Å². The van der Waals surface area contributed by atoms with Crippen LogP contribution in [0.15, 0.2) is 12.1 Å². The standard InChI is InChI=1S/C11H13F2NO/c12-9-3-8(5-14)11(4-10(9)13)15-6-7-1-2-7/h3-4,7H,1-2,5-6,14H2. The topological polar surface area (TPSA) is 35.2 Å². The molecule has 0 radical (unpaired) electrons. The van der Waals surface area contributed by atoms with Crippen molar-refractivity contribution >= 4 is 0 Å². The average Bonchev–Trinajstić information content (AvgIpc) is 3.03. The SMILES string of the molecule is NCc1cc(F)c(F)cc1OCC1CC1. The van der Waals surface area contributed by atoms with Crippen LogP contribution in [0.1, 0.15) is 18.4 Å². The zero-order valence-electron chi connectivity index (χ0n) is 8.30. The van der Waals surface area contributed by atoms with Gasteiger partial charge in [0.15, 0.2) is 11.6 Å². The van der Waals surface area contributed by atoms with Crippen molar-refractivity contribution in [1.82, 2.24) is 0 Å². The van der Waals surface area contributed by atoms with Gasteiger partial charge < -0.3 is 10.5 Å². The fraction of sp³-hybridized carbons (Fsp3) is 0.455. The minimum Gasteiger partial charge on any atom is -0.493 e. The number of hydrogen-bond donors (Lipinski definition) is 1. The number of ether oxygens (including phenoxy) is 1. The summed E-state index contributed by atoms with van der Waals surface area (Å²) < 4.78 is 31.2. The number of benzene rings is 1. The predicted molar refractivity (Wildman–Crippen MR) is 52.5 cm³/mol. The first kappa shape index (κ1) is 10.4. The van der Waals surface area contributed by atoms with Gasteiger partial charge in [-0.2, -0.15) is 0 Å². The Morgan fingerprint density at radius 1 is 1.27 bits per heavy atom. The quantitative estimate of drug-likeness (QED) is 0.832. The number of rotatable bonds is 4. The first-order chi connectivity index (χ1) is 7.20. The Kier molecular flexibility index (Phi) is 2.86. The van der Waals surface area contributed by atoms with Crippen LogP contribution in [0.4, 0.5) is 8.78 Å². The van der Waals surface area contributed by atoms with Gasteiger partial charge in [-0.3, -0.25) is 0 Å². The summed E-state index contributed by atoms with van der Waals surface area (Å²) in [5.41, 5.74) is 5.93. The van der Waals surface area contributed by atoms with Gasteiger partial charge >= 0.3 is 0 Å². The zero-order valence-corrected chi connectivity index (χ0v) is 8.30. The van der Waals surface area contributed by atoms with Crippen LogP contribution < -0.4 is 10.5 Å². The molecule has 0 heterocycles. The first-order valence-corrected chi connectivity index (χ1v) is 5.01. The van der Waals surface area contributed by atoms with Crippen molar-refractivity contribution in [3.8, 4) is 5.75 Å². The summed E-state index contributed by atoms with van der Waals surface area (Å²) in [6, 6.07) is 2.16. The molecule has 0 bridgehead atoms. The lowest BCUT2D eigenvalue weighted by molar-refractivity contribution is 0.294. The molecule has 1 aliphatic carbocycles. The molecule has 1 aliphatic rings. The van der Waals surface area contributed by atoms with E-state index in [1.807, 2.05) is 0 Å². The lowest BCUT2D eigenvalue weighted by atomic mass is 10.2. The van der Waals surface area contributed by atoms with E-state index < -0.39 is 11.6 Å². The van der Waals surface area contributed by atoms with Crippen molar-refractivity contribution in [2.75, 3.05) is 6.61 Å². The summed E-state index contributed by atoms with van der Waals surface area (Å²) in [5.74, 6) is -0.834. The molecule has 2 nitrogen and oxygen atoms in total. The molecule has 1 aromatic rings. The van der Waals surface area contributed by atoms with Gasteiger partial charge in [0.25, 0.3) is 0 Å². The highest BCUT2D eigenvalue weighted by atomic mass is 19.2. The molecule has 2 N–H and O–H groups in total. The Labute approximate surface area is 87.0 Å². The first-order valence-electron chi connectivity index (χ1n) is 5.01. The lowest BCUT2D eigenvalue weighted by Gasteiger charge is -2.10. The summed E-state index contributed by atoms with van der Waals surface area (Å²) in [5, 5.41) is 0. The molecule has 0 aromatic heterocycles. The highest BCUT2D eigenvalue weighted by Gasteiger charge is 2.22. The van der Waals surface area contributed by atoms with Crippen LogP contribution in [0.5, 0.6) is 5.75 Å². The van der Waals surface area contributed by atoms with E-state index in [0.717, 1.165) is 25.0 Å². The smallest absolute Gasteiger partial charge is 0.162 e. The molecule has 1 fully saturated rings. The van der Waals surface area contributed by atoms with Gasteiger partial charge in [-0.15, -0.1) is 0 Å². The maximum absolute atomic E-state index is 12.9. The van der Waals surface area contributed by atoms with E-state index in [1.165, 1.54) is 0 Å². The van der Waals surface area contributed by atoms with Crippen LogP contribution in [-0.4, -0.2) is 6.61 Å². The van der Waals surface area contributed by atoms with Crippen molar-refractivity contribution in [3.63, 3.8) is 0 Å². The van der Waals surface area contributed by atoms with Crippen molar-refractivity contribution in [3.05, 3.63) is 29.3 Å². The molecule has 0 unspecified atom stereocenters. The molecular formula is C11H13F2NO. The van der Waals surface area contributed by atoms with Gasteiger partial charge in [-0.25, -0.2) is 8.78 Å². The highest BCUT2D eigenvalue weighted by molar-refractivity contribution is 5.34. The molecule has 0 aliphatic heterocycles. The van der Waals surface area contributed by atoms with Crippen LogP contribution >= 0.6 is 0 Å². The van der Waals surface area contributed by atoms with Gasteiger partial charge in [-0.1, -0.05) is 0 Å². The predicted octanol–water partition coefficient (Wildman–Crippen LogP) is 2.21. The molecule has 1 aromatic carbocycles. The summed E-state index contributed by atoms with van der Waals surface area (Å²) in [6.07, 6.45) is 2.31. The van der Waals surface area contributed by atoms with Crippen molar-refractivity contribution in [2.24, 2.45) is 11.7 Å². The Morgan fingerprint density at radius 3 is 2.53 bits per heavy atom. The third kappa shape index (κ3) is 2.45. The van der Waals surface area contributed by atoms with E-state index in [-0.39, 0.29) is 6.54 Å². The molecule has 82 valence electrons. The second kappa shape index (κ2) is 4.14. The molecule has 0 atom stereocenters. The molecule has 0 spiro atoms. The van der Waals surface area contributed by atoms with Gasteiger partial charge in [0.1, 0.15) is 5.75 Å². The third-order valence-corrected chi connectivity index (χ3v) is 2.49. The van der Waals surface area contributed by atoms with Gasteiger partial charge in [0.2, 0.25) is 0 Å². The second-order valence-corrected chi connectivity index (χ2v) is 3.83. The monoisotopic (exact) mass is 213 g/mol. The summed E-state index contributed by atoms with van der Waals surface area (Å²) in [4.78, 5) is 0. The molecule has 4 heteroatoms. The fourth-order valence-electron chi connectivity index (χ4n) is 1.36. The maximum Gasteiger partial charge on any atom is 0.162 e. The lowest BCUT2D eigenvalue weighted by Crippen LogP contribution is -2.06. The van der Waals surface area contributed by atoms with Crippen LogP contribution in [0.2, 0.25) is 0 Å². The molecule has 15 heavy (non-hydrogen) atoms. The van der Waals surface area contributed by atoms with E-state index in [9.17, 15) is 8.78 Å². The number of halogens is 2. The molecule has 1 saturated carbocycles. The summed E-state index contributed by atoms with van der Waals surface area (Å²) in [6.45, 7) is 0.718. The Morgan fingerprint density at radius 2 is 1.93 bits per heavy atom. The van der Waals surface area contributed by atoms with Gasteiger partial charge in [-0.05, 0) is 24.8 Å². The average molecular weight is 213 g/mol. The van der Waals surface area contributed by atoms with Gasteiger partial charge in [0, 0.05) is 18.2 Å². The number of nitrogens with two attached hydrogens (primary N) is 1. The normalized spacial score (nSPS) is 15.4. The van der Waals surface area contributed by atoms with Crippen molar-refractivity contribution in [2.45, 2.75) is 19.4 Å². The molecule has 0 amide bonds. The molecular weight excluding hydrogens is 200 g/mol. The minimum atomic E-state index is -0.891. The van der Waals surface area contributed by atoms with Crippen LogP contribution in [0, 0.1) is 17.6 Å². The maximum atomic E-state index is 12.9. The third-order valence-electron chi connectivity index (χ3n) is 2.49. The Balaban J connectivity index is 2.15. The van der Waals surface area contributed by atoms with E-state index in [1.54, 1.807) is 0 Å². The largest absolute Gasteiger partial charge is 0.493 e. The van der Waals surface area contributed by atoms with Crippen molar-refractivity contribution < 1.29 is 13.5 Å². The fourth-order valence-corrected chi connectivity index (χ4v) is 1.36. The van der Waals surface area contributed by atoms with Crippen LogP contribution in [-0.2, 0) is 6.54 Å². The summed E-state index contributed by atoms with van der Waals surface area (Å²) >= 11 is 0. The molecule has 2 rings (SSSR count). The minimum absolute atomic E-state index is 0.150. The number of hydrogen-bond acceptors (Lipinski definition) is 2. The van der Waals surface area contributed by atoms with E-state index in [4.69, 9.17) is 10.5 Å². The second-order valence-electron chi connectivity index (χ2n) is 3.83. The van der Waals surface area contributed by atoms with E-state index in [2.05, 4.69) is 0 Å². The van der Waals surface area contributed by atoms with Crippen molar-refractivity contribution in [1.29, 1.82) is 0 Å². The summed E-state index contributed by atoms with van der Waals surface area (Å²) in [7, 11) is 0. The van der Waals surface area contributed by atoms with E-state index >= 15 is 0 Å². The van der Waals surface area contributed by atoms with E-state index in [0.29, 0.717) is 23.8 Å². The zero-order chi connectivity index (χ0) is 10.8. The van der Waals surface area contributed by atoms with Crippen LogP contribution in [0.25, 0.3) is 0 Å². The Hall–Kier alpha value is -1.16. The molecule has 0 saturated heterocycles. The Bertz CT molecular complexity index is 364. The van der Waals surface area contributed by atoms with Crippen LogP contribution in [0.3, 0.4) is 0 Å².